The first-order chi connectivity index (χ1) is 8.08. The van der Waals surface area contributed by atoms with Crippen LogP contribution in [0.25, 0.3) is 0 Å². The minimum atomic E-state index is -0.896. The van der Waals surface area contributed by atoms with Crippen LogP contribution in [0.15, 0.2) is 24.3 Å². The Kier molecular flexibility index (Phi) is 3.33. The number of nitrogens with one attached hydrogen (secondary N) is 1. The molecule has 0 radical (unpaired) electrons. The molecule has 0 saturated heterocycles. The van der Waals surface area contributed by atoms with Crippen molar-refractivity contribution in [1.82, 2.24) is 0 Å². The molecule has 0 spiro atoms. The number of carbonyl (C=O) groups excluding carboxylic acids is 1. The van der Waals surface area contributed by atoms with Crippen molar-refractivity contribution in [2.24, 2.45) is 11.8 Å². The molecule has 2 N–H and O–H groups in total. The summed E-state index contributed by atoms with van der Waals surface area (Å²) < 4.78 is 0. The number of benzene rings is 1. The number of carbonyl (C=O) groups is 2. The number of hydrogen-bond acceptors (Lipinski definition) is 2. The zero-order valence-corrected chi connectivity index (χ0v) is 9.78. The van der Waals surface area contributed by atoms with Crippen LogP contribution in [0.3, 0.4) is 0 Å². The second-order valence-electron chi connectivity index (χ2n) is 4.12. The van der Waals surface area contributed by atoms with E-state index in [1.165, 1.54) is 0 Å². The Morgan fingerprint density at radius 1 is 1.18 bits per heavy atom. The fourth-order valence-electron chi connectivity index (χ4n) is 1.88. The lowest BCUT2D eigenvalue weighted by Crippen LogP contribution is -2.41. The monoisotopic (exact) mass is 253 g/mol. The first-order valence-electron chi connectivity index (χ1n) is 5.37. The molecule has 1 saturated carbocycles. The van der Waals surface area contributed by atoms with Crippen molar-refractivity contribution in [3.63, 3.8) is 0 Å². The van der Waals surface area contributed by atoms with E-state index >= 15 is 0 Å². The van der Waals surface area contributed by atoms with Crippen LogP contribution in [0, 0.1) is 11.8 Å². The molecule has 17 heavy (non-hydrogen) atoms. The Morgan fingerprint density at radius 3 is 2.24 bits per heavy atom. The Morgan fingerprint density at radius 2 is 1.76 bits per heavy atom. The third-order valence-electron chi connectivity index (χ3n) is 3.04. The maximum absolute atomic E-state index is 11.8. The summed E-state index contributed by atoms with van der Waals surface area (Å²) in [4.78, 5) is 22.6. The lowest BCUT2D eigenvalue weighted by molar-refractivity contribution is -0.151. The van der Waals surface area contributed by atoms with E-state index in [0.717, 1.165) is 0 Å². The average molecular weight is 254 g/mol. The standard InChI is InChI=1S/C12H12ClNO3/c13-7-1-3-8(4-2-7)14-11(15)9-5-6-10(9)12(16)17/h1-4,9-10H,5-6H2,(H,14,15)(H,16,17). The highest BCUT2D eigenvalue weighted by molar-refractivity contribution is 6.30. The van der Waals surface area contributed by atoms with Gasteiger partial charge in [-0.2, -0.15) is 0 Å². The van der Waals surface area contributed by atoms with Crippen LogP contribution in [-0.2, 0) is 9.59 Å². The first kappa shape index (κ1) is 11.9. The van der Waals surface area contributed by atoms with Crippen molar-refractivity contribution < 1.29 is 14.7 Å². The number of amides is 1. The minimum absolute atomic E-state index is 0.231. The molecule has 5 heteroatoms. The predicted octanol–water partition coefficient (Wildman–Crippen LogP) is 2.39. The summed E-state index contributed by atoms with van der Waals surface area (Å²) in [5, 5.41) is 12.1. The number of anilines is 1. The van der Waals surface area contributed by atoms with E-state index in [-0.39, 0.29) is 5.91 Å². The SMILES string of the molecule is O=C(O)C1CCC1C(=O)Nc1ccc(Cl)cc1. The highest BCUT2D eigenvalue weighted by Crippen LogP contribution is 2.35. The van der Waals surface area contributed by atoms with E-state index in [0.29, 0.717) is 23.6 Å². The van der Waals surface area contributed by atoms with E-state index in [1.807, 2.05) is 0 Å². The lowest BCUT2D eigenvalue weighted by atomic mass is 9.73. The van der Waals surface area contributed by atoms with Gasteiger partial charge in [0.05, 0.1) is 11.8 Å². The number of carboxylic acid groups (broad SMARTS) is 1. The third kappa shape index (κ3) is 2.58. The fourth-order valence-corrected chi connectivity index (χ4v) is 2.00. The normalized spacial score (nSPS) is 22.6. The minimum Gasteiger partial charge on any atom is -0.481 e. The van der Waals surface area contributed by atoms with E-state index in [4.69, 9.17) is 16.7 Å². The summed E-state index contributed by atoms with van der Waals surface area (Å²) >= 11 is 5.72. The van der Waals surface area contributed by atoms with Gasteiger partial charge in [-0.3, -0.25) is 9.59 Å². The quantitative estimate of drug-likeness (QED) is 0.869. The van der Waals surface area contributed by atoms with Crippen molar-refractivity contribution in [2.75, 3.05) is 5.32 Å². The summed E-state index contributed by atoms with van der Waals surface area (Å²) in [5.41, 5.74) is 0.635. The maximum Gasteiger partial charge on any atom is 0.307 e. The molecule has 0 bridgehead atoms. The van der Waals surface area contributed by atoms with Gasteiger partial charge in [-0.1, -0.05) is 11.6 Å². The van der Waals surface area contributed by atoms with Gasteiger partial charge in [-0.15, -0.1) is 0 Å². The molecule has 0 heterocycles. The molecule has 2 unspecified atom stereocenters. The number of aliphatic carboxylic acids is 1. The zero-order valence-electron chi connectivity index (χ0n) is 9.02. The molecule has 1 amide bonds. The fraction of sp³-hybridized carbons (Fsp3) is 0.333. The third-order valence-corrected chi connectivity index (χ3v) is 3.29. The lowest BCUT2D eigenvalue weighted by Gasteiger charge is -2.31. The topological polar surface area (TPSA) is 66.4 Å². The van der Waals surface area contributed by atoms with Crippen molar-refractivity contribution >= 4 is 29.2 Å². The Labute approximate surface area is 104 Å². The molecule has 1 aliphatic rings. The molecule has 4 nitrogen and oxygen atoms in total. The summed E-state index contributed by atoms with van der Waals surface area (Å²) in [6.45, 7) is 0. The van der Waals surface area contributed by atoms with Crippen LogP contribution in [0.4, 0.5) is 5.69 Å². The number of rotatable bonds is 3. The van der Waals surface area contributed by atoms with Crippen LogP contribution >= 0.6 is 11.6 Å². The molecule has 2 atom stereocenters. The van der Waals surface area contributed by atoms with Gasteiger partial charge in [-0.25, -0.2) is 0 Å². The molecule has 1 aromatic carbocycles. The van der Waals surface area contributed by atoms with Gasteiger partial charge in [0.1, 0.15) is 0 Å². The molecule has 0 aromatic heterocycles. The first-order valence-corrected chi connectivity index (χ1v) is 5.75. The molecule has 1 fully saturated rings. The van der Waals surface area contributed by atoms with Crippen LogP contribution in [0.5, 0.6) is 0 Å². The zero-order chi connectivity index (χ0) is 12.4. The number of halogens is 1. The van der Waals surface area contributed by atoms with E-state index in [2.05, 4.69) is 5.32 Å². The molecule has 1 aromatic rings. The molecule has 0 aliphatic heterocycles. The summed E-state index contributed by atoms with van der Waals surface area (Å²) in [6, 6.07) is 6.72. The highest BCUT2D eigenvalue weighted by Gasteiger charge is 2.41. The summed E-state index contributed by atoms with van der Waals surface area (Å²) in [6.07, 6.45) is 1.21. The van der Waals surface area contributed by atoms with Gasteiger partial charge >= 0.3 is 5.97 Å². The Bertz CT molecular complexity index is 444. The van der Waals surface area contributed by atoms with Gasteiger partial charge in [0.2, 0.25) is 5.91 Å². The van der Waals surface area contributed by atoms with Crippen molar-refractivity contribution in [3.05, 3.63) is 29.3 Å². The number of hydrogen-bond donors (Lipinski definition) is 2. The second-order valence-corrected chi connectivity index (χ2v) is 4.56. The number of carboxylic acids is 1. The summed E-state index contributed by atoms with van der Waals surface area (Å²) in [5.74, 6) is -2.08. The largest absolute Gasteiger partial charge is 0.481 e. The van der Waals surface area contributed by atoms with Crippen LogP contribution < -0.4 is 5.32 Å². The van der Waals surface area contributed by atoms with Crippen molar-refractivity contribution in [2.45, 2.75) is 12.8 Å². The van der Waals surface area contributed by atoms with Gasteiger partial charge in [0, 0.05) is 10.7 Å². The van der Waals surface area contributed by atoms with Gasteiger partial charge in [-0.05, 0) is 37.1 Å². The highest BCUT2D eigenvalue weighted by atomic mass is 35.5. The van der Waals surface area contributed by atoms with Crippen LogP contribution in [-0.4, -0.2) is 17.0 Å². The van der Waals surface area contributed by atoms with Crippen molar-refractivity contribution in [1.29, 1.82) is 0 Å². The average Bonchev–Trinajstić information content (AvgIpc) is 2.18. The maximum atomic E-state index is 11.8. The molecular weight excluding hydrogens is 242 g/mol. The second kappa shape index (κ2) is 4.75. The Hall–Kier alpha value is -1.55. The Balaban J connectivity index is 1.98. The predicted molar refractivity (Wildman–Crippen MR) is 63.9 cm³/mol. The van der Waals surface area contributed by atoms with Gasteiger partial charge in [0.15, 0.2) is 0 Å². The van der Waals surface area contributed by atoms with E-state index < -0.39 is 17.8 Å². The van der Waals surface area contributed by atoms with Gasteiger partial charge in [0.25, 0.3) is 0 Å². The van der Waals surface area contributed by atoms with Crippen molar-refractivity contribution in [3.8, 4) is 0 Å². The van der Waals surface area contributed by atoms with E-state index in [1.54, 1.807) is 24.3 Å². The molecular formula is C12H12ClNO3. The van der Waals surface area contributed by atoms with Crippen LogP contribution in [0.1, 0.15) is 12.8 Å². The molecule has 2 rings (SSSR count). The molecule has 1 aliphatic carbocycles. The van der Waals surface area contributed by atoms with Crippen LogP contribution in [0.2, 0.25) is 5.02 Å². The summed E-state index contributed by atoms with van der Waals surface area (Å²) in [7, 11) is 0. The van der Waals surface area contributed by atoms with E-state index in [9.17, 15) is 9.59 Å². The van der Waals surface area contributed by atoms with Gasteiger partial charge < -0.3 is 10.4 Å². The molecule has 90 valence electrons. The smallest absolute Gasteiger partial charge is 0.307 e.